The van der Waals surface area contributed by atoms with Gasteiger partial charge < -0.3 is 4.57 Å². The van der Waals surface area contributed by atoms with Crippen LogP contribution < -0.4 is 0 Å². The molecule has 0 radical (unpaired) electrons. The summed E-state index contributed by atoms with van der Waals surface area (Å²) in [6.07, 6.45) is 3.81. The first-order valence-electron chi connectivity index (χ1n) is 17.3. The normalized spacial score (nSPS) is 13.8. The lowest BCUT2D eigenvalue weighted by molar-refractivity contribution is 1.01. The van der Waals surface area contributed by atoms with E-state index >= 15 is 0 Å². The largest absolute Gasteiger partial charge is 0.309 e. The predicted octanol–water partition coefficient (Wildman–Crippen LogP) is 12.5. The highest BCUT2D eigenvalue weighted by molar-refractivity contribution is 6.25. The van der Waals surface area contributed by atoms with Crippen LogP contribution in [0.4, 0.5) is 0 Å². The number of nitrogens with zero attached hydrogens (tertiary/aromatic N) is 2. The minimum atomic E-state index is 0.183. The molecule has 2 nitrogen and oxygen atoms in total. The Morgan fingerprint density at radius 3 is 1.72 bits per heavy atom. The Balaban J connectivity index is 1.13. The third kappa shape index (κ3) is 3.88. The lowest BCUT2D eigenvalue weighted by Gasteiger charge is -2.15. The Bertz CT molecular complexity index is 2950. The number of pyridine rings is 1. The fourth-order valence-corrected chi connectivity index (χ4v) is 8.77. The third-order valence-electron chi connectivity index (χ3n) is 11.0. The molecule has 232 valence electrons. The van der Waals surface area contributed by atoms with Crippen molar-refractivity contribution in [3.05, 3.63) is 193 Å². The second-order valence-corrected chi connectivity index (χ2v) is 13.5. The predicted molar refractivity (Wildman–Crippen MR) is 209 cm³/mol. The lowest BCUT2D eigenvalue weighted by atomic mass is 9.88. The summed E-state index contributed by atoms with van der Waals surface area (Å²) in [4.78, 5) is 4.32. The highest BCUT2D eigenvalue weighted by Gasteiger charge is 2.30. The number of fused-ring (bicyclic) bond motifs is 12. The molecular formula is C48H30N2. The van der Waals surface area contributed by atoms with Crippen molar-refractivity contribution in [3.63, 3.8) is 0 Å². The second kappa shape index (κ2) is 10.5. The van der Waals surface area contributed by atoms with E-state index in [1.165, 1.54) is 98.8 Å². The standard InChI is InChI=1S/C48H30N2/c1-2-11-36-34(9-1)35-10-3-4-13-38(35)44-29-33(19-22-39(36)44)50-46-16-8-7-14-41(46)42-21-18-32(28-47(42)50)31-17-20-40-37-12-5-6-15-43(37)48(45(40)27-31)30-23-25-49-26-24-30/h1-29,48H. The maximum atomic E-state index is 4.32. The Morgan fingerprint density at radius 1 is 0.380 bits per heavy atom. The van der Waals surface area contributed by atoms with Crippen LogP contribution in [-0.4, -0.2) is 9.55 Å². The van der Waals surface area contributed by atoms with Gasteiger partial charge in [0.15, 0.2) is 0 Å². The molecule has 1 aliphatic rings. The van der Waals surface area contributed by atoms with E-state index in [1.54, 1.807) is 0 Å². The lowest BCUT2D eigenvalue weighted by Crippen LogP contribution is -1.99. The zero-order chi connectivity index (χ0) is 32.8. The molecule has 2 heteroatoms. The van der Waals surface area contributed by atoms with Crippen molar-refractivity contribution >= 4 is 54.1 Å². The maximum absolute atomic E-state index is 4.32. The van der Waals surface area contributed by atoms with Crippen molar-refractivity contribution in [2.75, 3.05) is 0 Å². The summed E-state index contributed by atoms with van der Waals surface area (Å²) in [7, 11) is 0. The summed E-state index contributed by atoms with van der Waals surface area (Å²) >= 11 is 0. The Morgan fingerprint density at radius 2 is 0.940 bits per heavy atom. The number of hydrogen-bond donors (Lipinski definition) is 0. The molecule has 0 N–H and O–H groups in total. The zero-order valence-electron chi connectivity index (χ0n) is 27.2. The van der Waals surface area contributed by atoms with Gasteiger partial charge in [0, 0.05) is 34.8 Å². The Kier molecular flexibility index (Phi) is 5.76. The molecule has 10 aromatic rings. The number of hydrogen-bond acceptors (Lipinski definition) is 1. The van der Waals surface area contributed by atoms with Gasteiger partial charge in [0.2, 0.25) is 0 Å². The molecule has 50 heavy (non-hydrogen) atoms. The van der Waals surface area contributed by atoms with Crippen molar-refractivity contribution in [1.29, 1.82) is 0 Å². The van der Waals surface area contributed by atoms with Crippen LogP contribution >= 0.6 is 0 Å². The van der Waals surface area contributed by atoms with Gasteiger partial charge in [-0.1, -0.05) is 121 Å². The molecule has 2 heterocycles. The summed E-state index contributed by atoms with van der Waals surface area (Å²) in [5.41, 5.74) is 12.7. The van der Waals surface area contributed by atoms with Gasteiger partial charge >= 0.3 is 0 Å². The fourth-order valence-electron chi connectivity index (χ4n) is 8.77. The maximum Gasteiger partial charge on any atom is 0.0547 e. The molecule has 0 fully saturated rings. The van der Waals surface area contributed by atoms with E-state index in [1.807, 2.05) is 12.4 Å². The molecule has 11 rings (SSSR count). The van der Waals surface area contributed by atoms with Crippen molar-refractivity contribution in [3.8, 4) is 27.9 Å². The quantitative estimate of drug-likeness (QED) is 0.177. The minimum absolute atomic E-state index is 0.183. The van der Waals surface area contributed by atoms with Crippen LogP contribution in [0.15, 0.2) is 176 Å². The van der Waals surface area contributed by atoms with Crippen molar-refractivity contribution in [2.45, 2.75) is 5.92 Å². The van der Waals surface area contributed by atoms with Gasteiger partial charge in [0.05, 0.1) is 11.0 Å². The Labute approximate surface area is 289 Å². The number of para-hydroxylation sites is 1. The van der Waals surface area contributed by atoms with Crippen LogP contribution in [0.3, 0.4) is 0 Å². The topological polar surface area (TPSA) is 17.8 Å². The number of benzene rings is 8. The smallest absolute Gasteiger partial charge is 0.0547 e. The van der Waals surface area contributed by atoms with Gasteiger partial charge in [0.25, 0.3) is 0 Å². The van der Waals surface area contributed by atoms with E-state index in [4.69, 9.17) is 0 Å². The van der Waals surface area contributed by atoms with Crippen LogP contribution in [0.5, 0.6) is 0 Å². The molecule has 0 aliphatic heterocycles. The summed E-state index contributed by atoms with van der Waals surface area (Å²) < 4.78 is 2.46. The van der Waals surface area contributed by atoms with Crippen molar-refractivity contribution in [2.24, 2.45) is 0 Å². The average molecular weight is 635 g/mol. The monoisotopic (exact) mass is 634 g/mol. The molecule has 1 aliphatic carbocycles. The fraction of sp³-hybridized carbons (Fsp3) is 0.0208. The molecule has 1 unspecified atom stereocenters. The summed E-state index contributed by atoms with van der Waals surface area (Å²) in [5.74, 6) is 0.183. The van der Waals surface area contributed by atoms with Gasteiger partial charge in [-0.05, 0) is 114 Å². The molecule has 0 bridgehead atoms. The van der Waals surface area contributed by atoms with Gasteiger partial charge in [-0.3, -0.25) is 4.98 Å². The minimum Gasteiger partial charge on any atom is -0.309 e. The molecule has 0 amide bonds. The van der Waals surface area contributed by atoms with Crippen molar-refractivity contribution < 1.29 is 0 Å². The highest BCUT2D eigenvalue weighted by atomic mass is 15.0. The first-order valence-corrected chi connectivity index (χ1v) is 17.3. The first-order chi connectivity index (χ1) is 24.8. The van der Waals surface area contributed by atoms with Gasteiger partial charge in [-0.2, -0.15) is 0 Å². The molecule has 2 aromatic heterocycles. The molecule has 1 atom stereocenters. The zero-order valence-corrected chi connectivity index (χ0v) is 27.2. The molecule has 0 saturated carbocycles. The molecule has 0 spiro atoms. The first kappa shape index (κ1) is 27.4. The SMILES string of the molecule is c1ccc2c(c1)-c1ccc(-c3ccc4c5ccccc5n(-c5ccc6c7ccccc7c7ccccc7c6c5)c4c3)cc1C2c1ccncc1. The summed E-state index contributed by atoms with van der Waals surface area (Å²) in [6, 6.07) is 60.6. The second-order valence-electron chi connectivity index (χ2n) is 13.5. The molecular weight excluding hydrogens is 605 g/mol. The third-order valence-corrected chi connectivity index (χ3v) is 11.0. The van der Waals surface area contributed by atoms with Crippen LogP contribution in [0.2, 0.25) is 0 Å². The van der Waals surface area contributed by atoms with Gasteiger partial charge in [-0.25, -0.2) is 0 Å². The van der Waals surface area contributed by atoms with Gasteiger partial charge in [-0.15, -0.1) is 0 Å². The summed E-state index contributed by atoms with van der Waals surface area (Å²) in [6.45, 7) is 0. The summed E-state index contributed by atoms with van der Waals surface area (Å²) in [5, 5.41) is 10.3. The van der Waals surface area contributed by atoms with E-state index in [-0.39, 0.29) is 5.92 Å². The number of rotatable bonds is 3. The van der Waals surface area contributed by atoms with E-state index < -0.39 is 0 Å². The van der Waals surface area contributed by atoms with Crippen LogP contribution in [-0.2, 0) is 0 Å². The van der Waals surface area contributed by atoms with Gasteiger partial charge in [0.1, 0.15) is 0 Å². The Hall–Kier alpha value is -6.51. The molecule has 8 aromatic carbocycles. The van der Waals surface area contributed by atoms with E-state index in [0.717, 1.165) is 0 Å². The molecule has 0 saturated heterocycles. The van der Waals surface area contributed by atoms with E-state index in [9.17, 15) is 0 Å². The number of aromatic nitrogens is 2. The van der Waals surface area contributed by atoms with E-state index in [2.05, 4.69) is 173 Å². The van der Waals surface area contributed by atoms with Crippen LogP contribution in [0, 0.1) is 0 Å². The van der Waals surface area contributed by atoms with E-state index in [0.29, 0.717) is 0 Å². The van der Waals surface area contributed by atoms with Crippen LogP contribution in [0.1, 0.15) is 22.6 Å². The highest BCUT2D eigenvalue weighted by Crippen LogP contribution is 2.49. The average Bonchev–Trinajstić information content (AvgIpc) is 3.70. The van der Waals surface area contributed by atoms with Crippen molar-refractivity contribution in [1.82, 2.24) is 9.55 Å². The van der Waals surface area contributed by atoms with Crippen LogP contribution in [0.25, 0.3) is 82.1 Å².